The molecule has 0 aliphatic carbocycles. The van der Waals surface area contributed by atoms with Crippen molar-refractivity contribution in [2.75, 3.05) is 27.9 Å². The summed E-state index contributed by atoms with van der Waals surface area (Å²) >= 11 is 0. The monoisotopic (exact) mass is 531 g/mol. The summed E-state index contributed by atoms with van der Waals surface area (Å²) in [7, 11) is 4.58. The van der Waals surface area contributed by atoms with Crippen LogP contribution in [0.25, 0.3) is 11.0 Å². The molecule has 1 unspecified atom stereocenters. The number of aryl methyl sites for hydroxylation is 2. The minimum absolute atomic E-state index is 0.262. The summed E-state index contributed by atoms with van der Waals surface area (Å²) in [5.74, 6) is 2.75. The molecule has 0 aliphatic heterocycles. The van der Waals surface area contributed by atoms with Gasteiger partial charge in [0.05, 0.1) is 45.0 Å². The van der Waals surface area contributed by atoms with Crippen LogP contribution in [0.3, 0.4) is 0 Å². The smallest absolute Gasteiger partial charge is 0.252 e. The molecule has 206 valence electrons. The van der Waals surface area contributed by atoms with E-state index in [1.807, 2.05) is 37.3 Å². The van der Waals surface area contributed by atoms with Crippen LogP contribution in [0.15, 0.2) is 54.6 Å². The molecule has 4 rings (SSSR count). The van der Waals surface area contributed by atoms with Crippen molar-refractivity contribution in [3.63, 3.8) is 0 Å². The lowest BCUT2D eigenvalue weighted by Crippen LogP contribution is -2.29. The van der Waals surface area contributed by atoms with Crippen molar-refractivity contribution in [2.24, 2.45) is 0 Å². The van der Waals surface area contributed by atoms with Crippen molar-refractivity contribution in [3.8, 4) is 23.0 Å². The van der Waals surface area contributed by atoms with Crippen molar-refractivity contribution in [1.82, 2.24) is 14.9 Å². The Labute approximate surface area is 229 Å². The number of benzene rings is 3. The lowest BCUT2D eigenvalue weighted by molar-refractivity contribution is 0.0936. The summed E-state index contributed by atoms with van der Waals surface area (Å²) in [6.07, 6.45) is 1.80. The maximum atomic E-state index is 13.3. The molecule has 39 heavy (non-hydrogen) atoms. The van der Waals surface area contributed by atoms with E-state index in [9.17, 15) is 4.79 Å². The molecule has 1 aromatic heterocycles. The van der Waals surface area contributed by atoms with Gasteiger partial charge in [0.25, 0.3) is 5.91 Å². The summed E-state index contributed by atoms with van der Waals surface area (Å²) in [5, 5.41) is 3.09. The first-order valence-electron chi connectivity index (χ1n) is 13.1. The van der Waals surface area contributed by atoms with Gasteiger partial charge in [-0.05, 0) is 75.1 Å². The number of hydrogen-bond acceptors (Lipinski definition) is 6. The molecule has 8 nitrogen and oxygen atoms in total. The van der Waals surface area contributed by atoms with E-state index >= 15 is 0 Å². The number of imidazole rings is 1. The van der Waals surface area contributed by atoms with E-state index in [2.05, 4.69) is 35.9 Å². The maximum absolute atomic E-state index is 13.3. The first-order valence-corrected chi connectivity index (χ1v) is 13.1. The van der Waals surface area contributed by atoms with Crippen molar-refractivity contribution < 1.29 is 23.7 Å². The molecule has 4 aromatic rings. The van der Waals surface area contributed by atoms with Crippen LogP contribution in [-0.4, -0.2) is 43.4 Å². The van der Waals surface area contributed by atoms with E-state index in [4.69, 9.17) is 23.9 Å². The summed E-state index contributed by atoms with van der Waals surface area (Å²) in [6, 6.07) is 17.1. The molecule has 1 atom stereocenters. The highest BCUT2D eigenvalue weighted by molar-refractivity contribution is 5.96. The lowest BCUT2D eigenvalue weighted by Gasteiger charge is -2.18. The molecule has 1 N–H and O–H groups in total. The molecule has 0 saturated carbocycles. The summed E-state index contributed by atoms with van der Waals surface area (Å²) < 4.78 is 24.4. The minimum Gasteiger partial charge on any atom is -0.493 e. The van der Waals surface area contributed by atoms with Crippen molar-refractivity contribution in [1.29, 1.82) is 0 Å². The number of unbranched alkanes of at least 4 members (excludes halogenated alkanes) is 1. The van der Waals surface area contributed by atoms with Gasteiger partial charge in [0.2, 0.25) is 5.75 Å². The molecule has 0 fully saturated rings. The Hall–Kier alpha value is -4.20. The van der Waals surface area contributed by atoms with Crippen LogP contribution < -0.4 is 24.3 Å². The van der Waals surface area contributed by atoms with E-state index in [-0.39, 0.29) is 11.9 Å². The standard InChI is InChI=1S/C31H37N3O5/c1-20-12-11-15-26(21(20)2)39-17-10-9-16-34-25-14-8-7-13-24(25)33-30(34)22(3)32-31(35)23-18-27(36-4)29(38-6)28(19-23)37-5/h7-8,11-15,18-19,22H,9-10,16-17H2,1-6H3,(H,32,35). The fourth-order valence-electron chi connectivity index (χ4n) is 4.65. The first-order chi connectivity index (χ1) is 18.9. The number of amides is 1. The topological polar surface area (TPSA) is 83.8 Å². The zero-order valence-corrected chi connectivity index (χ0v) is 23.5. The molecule has 1 heterocycles. The lowest BCUT2D eigenvalue weighted by atomic mass is 10.1. The number of fused-ring (bicyclic) bond motifs is 1. The molecule has 1 amide bonds. The Morgan fingerprint density at radius 2 is 1.64 bits per heavy atom. The number of carbonyl (C=O) groups is 1. The van der Waals surface area contributed by atoms with Gasteiger partial charge in [0.15, 0.2) is 11.5 Å². The molecule has 8 heteroatoms. The highest BCUT2D eigenvalue weighted by Crippen LogP contribution is 2.38. The van der Waals surface area contributed by atoms with Gasteiger partial charge in [-0.2, -0.15) is 0 Å². The van der Waals surface area contributed by atoms with Gasteiger partial charge in [-0.3, -0.25) is 4.79 Å². The van der Waals surface area contributed by atoms with Gasteiger partial charge in [-0.15, -0.1) is 0 Å². The Bertz CT molecular complexity index is 1420. The van der Waals surface area contributed by atoms with Crippen LogP contribution in [0.1, 0.15) is 53.1 Å². The van der Waals surface area contributed by atoms with Crippen molar-refractivity contribution >= 4 is 16.9 Å². The molecule has 0 aliphatic rings. The second-order valence-corrected chi connectivity index (χ2v) is 9.47. The van der Waals surface area contributed by atoms with Crippen LogP contribution >= 0.6 is 0 Å². The molecule has 0 spiro atoms. The van der Waals surface area contributed by atoms with Crippen LogP contribution in [0.5, 0.6) is 23.0 Å². The second kappa shape index (κ2) is 12.6. The average molecular weight is 532 g/mol. The van der Waals surface area contributed by atoms with Gasteiger partial charge in [0, 0.05) is 12.1 Å². The second-order valence-electron chi connectivity index (χ2n) is 9.47. The van der Waals surface area contributed by atoms with Crippen molar-refractivity contribution in [2.45, 2.75) is 46.2 Å². The number of aromatic nitrogens is 2. The van der Waals surface area contributed by atoms with Gasteiger partial charge in [-0.25, -0.2) is 4.98 Å². The number of nitrogens with zero attached hydrogens (tertiary/aromatic N) is 2. The van der Waals surface area contributed by atoms with Gasteiger partial charge >= 0.3 is 0 Å². The molecule has 0 saturated heterocycles. The summed E-state index contributed by atoms with van der Waals surface area (Å²) in [6.45, 7) is 7.52. The fraction of sp³-hybridized carbons (Fsp3) is 0.355. The predicted octanol–water partition coefficient (Wildman–Crippen LogP) is 6.03. The van der Waals surface area contributed by atoms with E-state index in [1.165, 1.54) is 32.5 Å². The van der Waals surface area contributed by atoms with Gasteiger partial charge in [0.1, 0.15) is 11.6 Å². The van der Waals surface area contributed by atoms with E-state index in [1.54, 1.807) is 12.1 Å². The Balaban J connectivity index is 1.47. The molecular formula is C31H37N3O5. The molecule has 0 radical (unpaired) electrons. The third-order valence-electron chi connectivity index (χ3n) is 6.93. The van der Waals surface area contributed by atoms with Gasteiger partial charge < -0.3 is 28.8 Å². The van der Waals surface area contributed by atoms with Crippen LogP contribution in [0, 0.1) is 13.8 Å². The van der Waals surface area contributed by atoms with E-state index < -0.39 is 0 Å². The fourth-order valence-corrected chi connectivity index (χ4v) is 4.65. The zero-order valence-electron chi connectivity index (χ0n) is 23.5. The average Bonchev–Trinajstić information content (AvgIpc) is 3.32. The first kappa shape index (κ1) is 27.8. The summed E-state index contributed by atoms with van der Waals surface area (Å²) in [4.78, 5) is 18.1. The van der Waals surface area contributed by atoms with Crippen LogP contribution in [0.2, 0.25) is 0 Å². The zero-order chi connectivity index (χ0) is 27.9. The number of methoxy groups -OCH3 is 3. The number of nitrogens with one attached hydrogen (secondary N) is 1. The van der Waals surface area contributed by atoms with Crippen molar-refractivity contribution in [3.05, 3.63) is 77.1 Å². The highest BCUT2D eigenvalue weighted by Gasteiger charge is 2.22. The van der Waals surface area contributed by atoms with E-state index in [0.29, 0.717) is 29.4 Å². The SMILES string of the molecule is COc1cc(C(=O)NC(C)c2nc3ccccc3n2CCCCOc2cccc(C)c2C)cc(OC)c1OC. The van der Waals surface area contributed by atoms with Crippen LogP contribution in [-0.2, 0) is 6.54 Å². The normalized spacial score (nSPS) is 11.7. The number of rotatable bonds is 12. The molecular weight excluding hydrogens is 494 g/mol. The van der Waals surface area contributed by atoms with Gasteiger partial charge in [-0.1, -0.05) is 24.3 Å². The molecule has 0 bridgehead atoms. The third kappa shape index (κ3) is 6.11. The number of carbonyl (C=O) groups excluding carboxylic acids is 1. The Kier molecular flexibility index (Phi) is 8.96. The minimum atomic E-state index is -0.338. The maximum Gasteiger partial charge on any atom is 0.252 e. The predicted molar refractivity (Wildman–Crippen MR) is 152 cm³/mol. The molecule has 3 aromatic carbocycles. The number of para-hydroxylation sites is 2. The highest BCUT2D eigenvalue weighted by atomic mass is 16.5. The number of hydrogen-bond donors (Lipinski definition) is 1. The summed E-state index contributed by atoms with van der Waals surface area (Å²) in [5.41, 5.74) is 4.74. The van der Waals surface area contributed by atoms with E-state index in [0.717, 1.165) is 42.0 Å². The number of ether oxygens (including phenoxy) is 4. The Morgan fingerprint density at radius 1 is 0.923 bits per heavy atom. The largest absolute Gasteiger partial charge is 0.493 e. The van der Waals surface area contributed by atoms with Crippen LogP contribution in [0.4, 0.5) is 0 Å². The Morgan fingerprint density at radius 3 is 2.33 bits per heavy atom. The third-order valence-corrected chi connectivity index (χ3v) is 6.93. The quantitative estimate of drug-likeness (QED) is 0.225.